The van der Waals surface area contributed by atoms with Crippen LogP contribution in [-0.2, 0) is 88.8 Å². The van der Waals surface area contributed by atoms with Crippen LogP contribution in [0.25, 0.3) is 0 Å². The zero-order valence-electron chi connectivity index (χ0n) is 69.6. The molecular weight excluding hydrogens is 1840 g/mol. The molecule has 0 aromatic carbocycles. The fourth-order valence-electron chi connectivity index (χ4n) is 16.2. The van der Waals surface area contributed by atoms with Crippen molar-refractivity contribution >= 4 is 127 Å². The molecule has 0 radical (unpaired) electrons. The van der Waals surface area contributed by atoms with Crippen LogP contribution in [-0.4, -0.2) is 240 Å². The molecule has 50 heteroatoms. The second-order valence-electron chi connectivity index (χ2n) is 32.5. The van der Waals surface area contributed by atoms with E-state index in [0.29, 0.717) is 137 Å². The molecule has 128 heavy (non-hydrogen) atoms. The summed E-state index contributed by atoms with van der Waals surface area (Å²) in [6.07, 6.45) is 15.1. The number of halogens is 3. The normalized spacial score (nSPS) is 24.1. The van der Waals surface area contributed by atoms with E-state index in [1.165, 1.54) is 91.7 Å². The molecule has 6 aliphatic rings. The Hall–Kier alpha value is -7.91. The second kappa shape index (κ2) is 45.0. The van der Waals surface area contributed by atoms with Gasteiger partial charge >= 0.3 is 41.2 Å². The summed E-state index contributed by atoms with van der Waals surface area (Å²) >= 11 is 9.84. The lowest BCUT2D eigenvalue weighted by molar-refractivity contribution is -0.0661. The van der Waals surface area contributed by atoms with Crippen molar-refractivity contribution in [3.8, 4) is 0 Å². The van der Waals surface area contributed by atoms with E-state index in [-0.39, 0.29) is 115 Å². The summed E-state index contributed by atoms with van der Waals surface area (Å²) in [7, 11) is -14.8. The minimum absolute atomic E-state index is 0.0468. The van der Waals surface area contributed by atoms with Crippen molar-refractivity contribution in [1.29, 1.82) is 0 Å². The van der Waals surface area contributed by atoms with Crippen molar-refractivity contribution in [2.45, 2.75) is 172 Å². The first-order valence-corrected chi connectivity index (χ1v) is 49.4. The van der Waals surface area contributed by atoms with Crippen LogP contribution in [0.4, 0.5) is 26.2 Å². The molecule has 700 valence electrons. The number of aliphatic hydroxyl groups excluding tert-OH is 5. The topological polar surface area (TPSA) is 615 Å². The smallest absolute Gasteiger partial charge is 0.333 e. The first kappa shape index (κ1) is 101. The zero-order valence-corrected chi connectivity index (χ0v) is 76.0. The van der Waals surface area contributed by atoms with Gasteiger partial charge in [0.25, 0.3) is 5.92 Å². The summed E-state index contributed by atoms with van der Waals surface area (Å²) in [4.78, 5) is 90.5. The van der Waals surface area contributed by atoms with Crippen molar-refractivity contribution in [1.82, 2.24) is 49.7 Å². The van der Waals surface area contributed by atoms with Gasteiger partial charge in [0.15, 0.2) is 5.76 Å². The Morgan fingerprint density at radius 1 is 0.570 bits per heavy atom. The maximum absolute atomic E-state index is 13.7. The highest BCUT2D eigenvalue weighted by Gasteiger charge is 2.41. The van der Waals surface area contributed by atoms with E-state index in [9.17, 15) is 87.2 Å². The minimum atomic E-state index is -4.11. The van der Waals surface area contributed by atoms with Gasteiger partial charge in [-0.3, -0.25) is 45.7 Å². The number of hydrogen-bond acceptors (Lipinski definition) is 39. The molecule has 10 heterocycles. The predicted octanol–water partition coefficient (Wildman–Crippen LogP) is 5.39. The lowest BCUT2D eigenvalue weighted by Gasteiger charge is -2.32. The van der Waals surface area contributed by atoms with Gasteiger partial charge in [0.05, 0.1) is 123 Å². The molecule has 4 saturated carbocycles. The van der Waals surface area contributed by atoms with Crippen LogP contribution in [0.1, 0.15) is 187 Å². The van der Waals surface area contributed by atoms with Crippen LogP contribution in [0.2, 0.25) is 4.34 Å². The number of aromatic nitrogens is 8. The SMILES string of the molecule is CC(O)c1cc(C(=O)c2cncnc2N[C@@H]2C[C@H](COS(N)(=O)=O)[C@@H](O)C2)sc1Cl.CC1CCCN(Cc2csc(C(=O)c3cncnc3C[C@@H]3C[C@H](COS(N)(=O)=O)[C@@H](O)C3)c2)C1.COCc1coc(C(=O)c2cncnc2N[C@@H]2C[C@H](COS(N)(=O)=O)[C@@H](O)C2)c1.NS(=O)(=O)OC[C@H]1C[C@@H](Nc2ncncc2C(=O)c2cc(CN3CCCC(F)(F)C3)cs2)C[C@@H]1O. The summed E-state index contributed by atoms with van der Waals surface area (Å²) in [5, 5.41) is 83.3. The number of furan rings is 1. The van der Waals surface area contributed by atoms with Crippen LogP contribution in [0.5, 0.6) is 0 Å². The first-order valence-electron chi connectivity index (χ1n) is 40.6. The molecule has 2 saturated heterocycles. The minimum Gasteiger partial charge on any atom is -0.460 e. The van der Waals surface area contributed by atoms with Gasteiger partial charge < -0.3 is 50.6 Å². The number of likely N-dealkylation sites (tertiary alicyclic amines) is 2. The molecule has 6 fully saturated rings. The molecule has 14 atom stereocenters. The summed E-state index contributed by atoms with van der Waals surface area (Å²) in [6, 6.07) is 6.01. The van der Waals surface area contributed by atoms with Crippen molar-refractivity contribution in [2.75, 3.05) is 75.7 Å². The number of ether oxygens (including phenoxy) is 1. The van der Waals surface area contributed by atoms with Crippen molar-refractivity contribution in [3.05, 3.63) is 166 Å². The Bertz CT molecular complexity index is 5610. The van der Waals surface area contributed by atoms with E-state index < -0.39 is 101 Å². The first-order chi connectivity index (χ1) is 60.5. The second-order valence-corrected chi connectivity index (χ2v) is 40.9. The number of anilines is 3. The summed E-state index contributed by atoms with van der Waals surface area (Å²) in [5.41, 5.74) is 4.91. The number of nitrogens with two attached hydrogens (primary N) is 4. The average molecular weight is 1940 g/mol. The number of thiophene rings is 3. The van der Waals surface area contributed by atoms with E-state index in [1.54, 1.807) is 42.6 Å². The number of carbonyl (C=O) groups is 4. The fourth-order valence-corrected chi connectivity index (χ4v) is 20.8. The van der Waals surface area contributed by atoms with E-state index in [1.807, 2.05) is 6.07 Å². The van der Waals surface area contributed by atoms with Gasteiger partial charge in [-0.05, 0) is 155 Å². The molecule has 0 amide bonds. The molecule has 40 nitrogen and oxygen atoms in total. The Morgan fingerprint density at radius 2 is 0.992 bits per heavy atom. The highest BCUT2D eigenvalue weighted by atomic mass is 35.5. The standard InChI is InChI=1S/C23H32N4O5S2.C21H27F2N5O5S2.C17H21ClN4O6S2.C17H22N4O7S/c1-15-3-2-4-27(10-15)11-17-8-22(33-13-17)23(29)19-9-25-14-26-20(19)6-16-5-18(21(28)7-16)12-32-34(24,30)31;22-21(23)2-1-3-28(11-21)8-13-4-18(34-10-13)19(30)16-7-25-12-26-20(16)27-15-5-14(17(29)6-15)9-33-35(24,31)32;1-8(23)11-4-14(29-16(11)18)15(25)12-5-20-7-21-17(12)22-10-2-9(13(24)3-10)6-28-30(19,26)27;1-26-6-10-2-15(27-7-10)16(23)13-5-19-9-20-17(13)21-12-3-11(14(22)4-12)8-28-29(18,24)25/h8-9,13-16,18,21,28H,2-7,10-12H2,1H3,(H2,24,30,31);4,7,10,12,14-15,17,29H,1-3,5-6,8-9,11H2,(H2,24,31,32)(H,25,26,27);4-5,7-10,13,23-24H,2-3,6H2,1H3,(H2,19,26,27)(H,20,21,22);2,5,7,9,11-12,14,22H,3-4,6,8H2,1H3,(H2,18,24,25)(H,19,20,21)/t15?,16-,18+,21-;14-,15-,17+;8?,9-,10-,13+;11-,12-,14+/m0111/s1. The van der Waals surface area contributed by atoms with Crippen LogP contribution < -0.4 is 36.5 Å². The van der Waals surface area contributed by atoms with Gasteiger partial charge in [0.1, 0.15) is 42.8 Å². The number of ketones is 4. The molecule has 16 N–H and O–H groups in total. The summed E-state index contributed by atoms with van der Waals surface area (Å²) in [6.45, 7) is 6.99. The number of carbonyl (C=O) groups excluding carboxylic acids is 4. The van der Waals surface area contributed by atoms with Crippen LogP contribution in [0, 0.1) is 35.5 Å². The van der Waals surface area contributed by atoms with E-state index in [0.717, 1.165) is 47.7 Å². The number of methoxy groups -OCH3 is 1. The van der Waals surface area contributed by atoms with Gasteiger partial charge in [-0.1, -0.05) is 18.5 Å². The van der Waals surface area contributed by atoms with Crippen molar-refractivity contribution < 1.29 is 113 Å². The molecule has 0 bridgehead atoms. The molecule has 8 aromatic heterocycles. The van der Waals surface area contributed by atoms with E-state index >= 15 is 0 Å². The Morgan fingerprint density at radius 3 is 1.44 bits per heavy atom. The van der Waals surface area contributed by atoms with Gasteiger partial charge in [0, 0.05) is 111 Å². The third-order valence-electron chi connectivity index (χ3n) is 22.3. The number of nitrogens with zero attached hydrogens (tertiary/aromatic N) is 10. The molecule has 4 aliphatic carbocycles. The van der Waals surface area contributed by atoms with Crippen molar-refractivity contribution in [3.63, 3.8) is 0 Å². The summed E-state index contributed by atoms with van der Waals surface area (Å²) < 4.78 is 145. The molecular formula is C78H102ClF2N17O23S7. The highest BCUT2D eigenvalue weighted by molar-refractivity contribution is 7.85. The maximum Gasteiger partial charge on any atom is 0.333 e. The van der Waals surface area contributed by atoms with Crippen LogP contribution in [0.15, 0.2) is 95.8 Å². The highest BCUT2D eigenvalue weighted by Crippen LogP contribution is 2.40. The van der Waals surface area contributed by atoms with Crippen molar-refractivity contribution in [2.24, 2.45) is 56.1 Å². The number of alkyl halides is 2. The molecule has 14 rings (SSSR count). The third kappa shape index (κ3) is 30.1. The third-order valence-corrected chi connectivity index (χ3v) is 27.5. The van der Waals surface area contributed by atoms with Crippen LogP contribution in [0.3, 0.4) is 0 Å². The Balaban J connectivity index is 0.000000166. The quantitative estimate of drug-likeness (QED) is 0.0222. The van der Waals surface area contributed by atoms with Gasteiger partial charge in [-0.15, -0.1) is 34.0 Å². The Labute approximate surface area is 754 Å². The van der Waals surface area contributed by atoms with E-state index in [2.05, 4.69) is 89.8 Å². The van der Waals surface area contributed by atoms with Crippen LogP contribution >= 0.6 is 45.6 Å². The number of rotatable bonds is 35. The molecule has 2 unspecified atom stereocenters. The predicted molar refractivity (Wildman–Crippen MR) is 464 cm³/mol. The lowest BCUT2D eigenvalue weighted by atomic mass is 9.96. The largest absolute Gasteiger partial charge is 0.460 e. The fraction of sp³-hybridized carbons (Fsp3) is 0.538. The van der Waals surface area contributed by atoms with Gasteiger partial charge in [0.2, 0.25) is 23.1 Å². The lowest BCUT2D eigenvalue weighted by Crippen LogP contribution is -2.41. The summed E-state index contributed by atoms with van der Waals surface area (Å²) in [5.74, 6) is -3.74. The zero-order chi connectivity index (χ0) is 92.6. The number of nitrogens with one attached hydrogen (secondary N) is 3. The average Bonchev–Trinajstić information content (AvgIpc) is 1.65. The Kier molecular flexibility index (Phi) is 35.4. The molecule has 8 aromatic rings. The number of aliphatic hydroxyl groups is 5. The molecule has 0 spiro atoms. The number of hydrogen-bond donors (Lipinski definition) is 12. The molecule has 2 aliphatic heterocycles. The van der Waals surface area contributed by atoms with E-state index in [4.69, 9.17) is 41.3 Å². The van der Waals surface area contributed by atoms with Gasteiger partial charge in [-0.25, -0.2) is 69.2 Å². The van der Waals surface area contributed by atoms with Gasteiger partial charge in [-0.2, -0.15) is 33.7 Å². The maximum atomic E-state index is 13.7. The monoisotopic (exact) mass is 1940 g/mol. The number of piperidine rings is 2.